The van der Waals surface area contributed by atoms with Crippen molar-refractivity contribution in [3.05, 3.63) is 29.3 Å². The maximum absolute atomic E-state index is 9.45. The average Bonchev–Trinajstić information content (AvgIpc) is 2.72. The van der Waals surface area contributed by atoms with Gasteiger partial charge in [0.15, 0.2) is 0 Å². The van der Waals surface area contributed by atoms with E-state index in [4.69, 9.17) is 0 Å². The SMILES string of the molecule is CCC(O)CNc1ccc2c(c1)CCC2. The highest BCUT2D eigenvalue weighted by Gasteiger charge is 2.10. The van der Waals surface area contributed by atoms with E-state index < -0.39 is 0 Å². The highest BCUT2D eigenvalue weighted by molar-refractivity contribution is 5.50. The van der Waals surface area contributed by atoms with E-state index in [1.165, 1.54) is 30.4 Å². The summed E-state index contributed by atoms with van der Waals surface area (Å²) in [6.45, 7) is 2.64. The summed E-state index contributed by atoms with van der Waals surface area (Å²) in [6.07, 6.45) is 4.29. The molecule has 15 heavy (non-hydrogen) atoms. The van der Waals surface area contributed by atoms with Gasteiger partial charge in [-0.15, -0.1) is 0 Å². The fourth-order valence-electron chi connectivity index (χ4n) is 2.06. The zero-order valence-electron chi connectivity index (χ0n) is 9.29. The smallest absolute Gasteiger partial charge is 0.0709 e. The fraction of sp³-hybridized carbons (Fsp3) is 0.538. The van der Waals surface area contributed by atoms with Crippen LogP contribution < -0.4 is 5.32 Å². The third-order valence-electron chi connectivity index (χ3n) is 3.11. The molecule has 2 N–H and O–H groups in total. The molecule has 0 saturated heterocycles. The van der Waals surface area contributed by atoms with E-state index in [1.807, 2.05) is 6.92 Å². The van der Waals surface area contributed by atoms with Gasteiger partial charge < -0.3 is 10.4 Å². The van der Waals surface area contributed by atoms with E-state index in [0.29, 0.717) is 6.54 Å². The lowest BCUT2D eigenvalue weighted by Gasteiger charge is -2.11. The van der Waals surface area contributed by atoms with Crippen molar-refractivity contribution in [2.24, 2.45) is 0 Å². The van der Waals surface area contributed by atoms with Crippen LogP contribution in [0, 0.1) is 0 Å². The van der Waals surface area contributed by atoms with Gasteiger partial charge in [0.25, 0.3) is 0 Å². The molecule has 82 valence electrons. The Morgan fingerprint density at radius 2 is 2.13 bits per heavy atom. The largest absolute Gasteiger partial charge is 0.391 e. The summed E-state index contributed by atoms with van der Waals surface area (Å²) in [5, 5.41) is 12.7. The Kier molecular flexibility index (Phi) is 3.27. The van der Waals surface area contributed by atoms with Crippen LogP contribution in [0.1, 0.15) is 30.9 Å². The van der Waals surface area contributed by atoms with Gasteiger partial charge in [-0.3, -0.25) is 0 Å². The highest BCUT2D eigenvalue weighted by Crippen LogP contribution is 2.24. The van der Waals surface area contributed by atoms with Crippen LogP contribution in [-0.2, 0) is 12.8 Å². The van der Waals surface area contributed by atoms with Crippen LogP contribution in [0.2, 0.25) is 0 Å². The maximum Gasteiger partial charge on any atom is 0.0709 e. The monoisotopic (exact) mass is 205 g/mol. The summed E-state index contributed by atoms with van der Waals surface area (Å²) in [5.74, 6) is 0. The standard InChI is InChI=1S/C13H19NO/c1-2-13(15)9-14-12-7-6-10-4-3-5-11(10)8-12/h6-8,13-15H,2-5,9H2,1H3. The molecule has 1 aliphatic rings. The Labute approximate surface area is 91.3 Å². The van der Waals surface area contributed by atoms with Crippen molar-refractivity contribution in [2.75, 3.05) is 11.9 Å². The maximum atomic E-state index is 9.45. The number of hydrogen-bond acceptors (Lipinski definition) is 2. The first kappa shape index (κ1) is 10.5. The molecule has 1 atom stereocenters. The predicted octanol–water partition coefficient (Wildman–Crippen LogP) is 2.36. The van der Waals surface area contributed by atoms with Gasteiger partial charge in [0.1, 0.15) is 0 Å². The molecule has 2 nitrogen and oxygen atoms in total. The van der Waals surface area contributed by atoms with Crippen molar-refractivity contribution in [3.63, 3.8) is 0 Å². The summed E-state index contributed by atoms with van der Waals surface area (Å²) in [7, 11) is 0. The van der Waals surface area contributed by atoms with Crippen molar-refractivity contribution in [1.82, 2.24) is 0 Å². The van der Waals surface area contributed by atoms with Crippen LogP contribution in [-0.4, -0.2) is 17.8 Å². The number of hydrogen-bond donors (Lipinski definition) is 2. The summed E-state index contributed by atoms with van der Waals surface area (Å²) >= 11 is 0. The minimum Gasteiger partial charge on any atom is -0.391 e. The molecule has 0 fully saturated rings. The Morgan fingerprint density at radius 1 is 1.33 bits per heavy atom. The van der Waals surface area contributed by atoms with Gasteiger partial charge in [-0.25, -0.2) is 0 Å². The summed E-state index contributed by atoms with van der Waals surface area (Å²) in [5.41, 5.74) is 4.12. The molecule has 0 radical (unpaired) electrons. The summed E-state index contributed by atoms with van der Waals surface area (Å²) in [6, 6.07) is 6.56. The number of aryl methyl sites for hydroxylation is 2. The molecule has 2 rings (SSSR count). The van der Waals surface area contributed by atoms with E-state index in [2.05, 4.69) is 23.5 Å². The molecule has 0 bridgehead atoms. The molecule has 0 saturated carbocycles. The minimum absolute atomic E-state index is 0.238. The molecule has 1 unspecified atom stereocenters. The van der Waals surface area contributed by atoms with E-state index >= 15 is 0 Å². The molecular weight excluding hydrogens is 186 g/mol. The number of benzene rings is 1. The van der Waals surface area contributed by atoms with E-state index in [9.17, 15) is 5.11 Å². The van der Waals surface area contributed by atoms with Crippen molar-refractivity contribution >= 4 is 5.69 Å². The first-order chi connectivity index (χ1) is 7.29. The van der Waals surface area contributed by atoms with Gasteiger partial charge >= 0.3 is 0 Å². The molecule has 0 spiro atoms. The Hall–Kier alpha value is -1.02. The van der Waals surface area contributed by atoms with Crippen LogP contribution in [0.3, 0.4) is 0 Å². The van der Waals surface area contributed by atoms with Crippen LogP contribution in [0.25, 0.3) is 0 Å². The molecule has 2 heteroatoms. The van der Waals surface area contributed by atoms with Crippen LogP contribution in [0.5, 0.6) is 0 Å². The van der Waals surface area contributed by atoms with Gasteiger partial charge in [0.05, 0.1) is 6.10 Å². The van der Waals surface area contributed by atoms with Gasteiger partial charge in [-0.2, -0.15) is 0 Å². The second-order valence-corrected chi connectivity index (χ2v) is 4.28. The molecular formula is C13H19NO. The number of aliphatic hydroxyl groups excluding tert-OH is 1. The lowest BCUT2D eigenvalue weighted by molar-refractivity contribution is 0.183. The first-order valence-corrected chi connectivity index (χ1v) is 5.83. The number of aliphatic hydroxyl groups is 1. The Bertz CT molecular complexity index is 335. The second kappa shape index (κ2) is 4.67. The van der Waals surface area contributed by atoms with Crippen molar-refractivity contribution in [2.45, 2.75) is 38.7 Å². The third-order valence-corrected chi connectivity index (χ3v) is 3.11. The van der Waals surface area contributed by atoms with E-state index in [1.54, 1.807) is 0 Å². The quantitative estimate of drug-likeness (QED) is 0.791. The third kappa shape index (κ3) is 2.51. The van der Waals surface area contributed by atoms with Crippen LogP contribution in [0.15, 0.2) is 18.2 Å². The zero-order valence-corrected chi connectivity index (χ0v) is 9.29. The average molecular weight is 205 g/mol. The zero-order chi connectivity index (χ0) is 10.7. The number of rotatable bonds is 4. The van der Waals surface area contributed by atoms with Crippen LogP contribution in [0.4, 0.5) is 5.69 Å². The number of anilines is 1. The van der Waals surface area contributed by atoms with Gasteiger partial charge in [0.2, 0.25) is 0 Å². The highest BCUT2D eigenvalue weighted by atomic mass is 16.3. The normalized spacial score (nSPS) is 16.1. The van der Waals surface area contributed by atoms with Gasteiger partial charge in [-0.1, -0.05) is 13.0 Å². The van der Waals surface area contributed by atoms with Gasteiger partial charge in [0, 0.05) is 12.2 Å². The topological polar surface area (TPSA) is 32.3 Å². The second-order valence-electron chi connectivity index (χ2n) is 4.28. The van der Waals surface area contributed by atoms with E-state index in [-0.39, 0.29) is 6.10 Å². The molecule has 0 aromatic heterocycles. The Morgan fingerprint density at radius 3 is 2.93 bits per heavy atom. The molecule has 1 aromatic carbocycles. The first-order valence-electron chi connectivity index (χ1n) is 5.83. The summed E-state index contributed by atoms with van der Waals surface area (Å²) < 4.78 is 0. The molecule has 0 heterocycles. The lowest BCUT2D eigenvalue weighted by atomic mass is 10.1. The number of nitrogens with one attached hydrogen (secondary N) is 1. The molecule has 1 aliphatic carbocycles. The lowest BCUT2D eigenvalue weighted by Crippen LogP contribution is -2.18. The van der Waals surface area contributed by atoms with Crippen molar-refractivity contribution in [3.8, 4) is 0 Å². The molecule has 0 aliphatic heterocycles. The van der Waals surface area contributed by atoms with Crippen LogP contribution >= 0.6 is 0 Å². The molecule has 0 amide bonds. The minimum atomic E-state index is -0.238. The van der Waals surface area contributed by atoms with Crippen molar-refractivity contribution in [1.29, 1.82) is 0 Å². The Balaban J connectivity index is 1.98. The molecule has 1 aromatic rings. The summed E-state index contributed by atoms with van der Waals surface area (Å²) in [4.78, 5) is 0. The predicted molar refractivity (Wildman–Crippen MR) is 63.3 cm³/mol. The number of fused-ring (bicyclic) bond motifs is 1. The van der Waals surface area contributed by atoms with Gasteiger partial charge in [-0.05, 0) is 48.9 Å². The van der Waals surface area contributed by atoms with E-state index in [0.717, 1.165) is 12.1 Å². The van der Waals surface area contributed by atoms with Crippen molar-refractivity contribution < 1.29 is 5.11 Å². The fourth-order valence-corrected chi connectivity index (χ4v) is 2.06.